The SMILES string of the molecule is CCCCN(CC(N)=O)C(=O)c1ccc(-c2ccc(F)cc2)o1. The van der Waals surface area contributed by atoms with Crippen molar-refractivity contribution in [2.75, 3.05) is 13.1 Å². The van der Waals surface area contributed by atoms with Crippen LogP contribution < -0.4 is 5.73 Å². The molecule has 0 atom stereocenters. The van der Waals surface area contributed by atoms with Crippen LogP contribution in [0.4, 0.5) is 4.39 Å². The van der Waals surface area contributed by atoms with Gasteiger partial charge in [0.2, 0.25) is 5.91 Å². The number of hydrogen-bond donors (Lipinski definition) is 1. The summed E-state index contributed by atoms with van der Waals surface area (Å²) in [5.74, 6) is -0.710. The van der Waals surface area contributed by atoms with E-state index in [0.717, 1.165) is 12.8 Å². The number of hydrogen-bond acceptors (Lipinski definition) is 3. The van der Waals surface area contributed by atoms with E-state index in [1.54, 1.807) is 24.3 Å². The summed E-state index contributed by atoms with van der Waals surface area (Å²) in [5, 5.41) is 0. The first-order valence-electron chi connectivity index (χ1n) is 7.44. The van der Waals surface area contributed by atoms with Crippen LogP contribution in [0.3, 0.4) is 0 Å². The Morgan fingerprint density at radius 3 is 2.48 bits per heavy atom. The number of carbonyl (C=O) groups is 2. The van der Waals surface area contributed by atoms with Crippen molar-refractivity contribution in [1.82, 2.24) is 4.90 Å². The molecule has 0 spiro atoms. The molecule has 0 aliphatic rings. The fourth-order valence-electron chi connectivity index (χ4n) is 2.17. The van der Waals surface area contributed by atoms with Crippen molar-refractivity contribution in [3.8, 4) is 11.3 Å². The van der Waals surface area contributed by atoms with Crippen molar-refractivity contribution in [3.05, 3.63) is 48.0 Å². The highest BCUT2D eigenvalue weighted by Gasteiger charge is 2.20. The number of rotatable bonds is 7. The first kappa shape index (κ1) is 16.7. The van der Waals surface area contributed by atoms with Crippen LogP contribution in [0.15, 0.2) is 40.8 Å². The molecule has 0 aliphatic heterocycles. The lowest BCUT2D eigenvalue weighted by molar-refractivity contribution is -0.118. The van der Waals surface area contributed by atoms with Crippen LogP contribution in [0.25, 0.3) is 11.3 Å². The van der Waals surface area contributed by atoms with E-state index in [1.165, 1.54) is 17.0 Å². The topological polar surface area (TPSA) is 76.5 Å². The average Bonchev–Trinajstić information content (AvgIpc) is 3.01. The molecule has 5 nitrogen and oxygen atoms in total. The van der Waals surface area contributed by atoms with Crippen LogP contribution in [-0.2, 0) is 4.79 Å². The van der Waals surface area contributed by atoms with Crippen LogP contribution in [0.5, 0.6) is 0 Å². The van der Waals surface area contributed by atoms with Gasteiger partial charge in [-0.3, -0.25) is 9.59 Å². The molecular weight excluding hydrogens is 299 g/mol. The third kappa shape index (κ3) is 4.42. The number of amides is 2. The number of primary amides is 1. The predicted octanol–water partition coefficient (Wildman–Crippen LogP) is 2.81. The Hall–Kier alpha value is -2.63. The Balaban J connectivity index is 2.17. The summed E-state index contributed by atoms with van der Waals surface area (Å²) in [6.45, 7) is 2.28. The number of unbranched alkanes of at least 4 members (excludes halogenated alkanes) is 1. The molecule has 0 saturated carbocycles. The van der Waals surface area contributed by atoms with Crippen LogP contribution in [-0.4, -0.2) is 29.8 Å². The van der Waals surface area contributed by atoms with E-state index in [2.05, 4.69) is 0 Å². The minimum Gasteiger partial charge on any atom is -0.451 e. The largest absolute Gasteiger partial charge is 0.451 e. The quantitative estimate of drug-likeness (QED) is 0.853. The molecular formula is C17H19FN2O3. The number of nitrogens with zero attached hydrogens (tertiary/aromatic N) is 1. The lowest BCUT2D eigenvalue weighted by atomic mass is 10.2. The summed E-state index contributed by atoms with van der Waals surface area (Å²) >= 11 is 0. The zero-order chi connectivity index (χ0) is 16.8. The van der Waals surface area contributed by atoms with Gasteiger partial charge in [-0.1, -0.05) is 13.3 Å². The average molecular weight is 318 g/mol. The normalized spacial score (nSPS) is 10.5. The van der Waals surface area contributed by atoms with E-state index < -0.39 is 5.91 Å². The predicted molar refractivity (Wildman–Crippen MR) is 84.1 cm³/mol. The highest BCUT2D eigenvalue weighted by molar-refractivity contribution is 5.94. The zero-order valence-corrected chi connectivity index (χ0v) is 12.9. The van der Waals surface area contributed by atoms with Gasteiger partial charge in [-0.25, -0.2) is 4.39 Å². The molecule has 2 N–H and O–H groups in total. The summed E-state index contributed by atoms with van der Waals surface area (Å²) in [6.07, 6.45) is 1.66. The molecule has 1 aromatic heterocycles. The molecule has 0 unspecified atom stereocenters. The first-order chi connectivity index (χ1) is 11.0. The molecule has 23 heavy (non-hydrogen) atoms. The van der Waals surface area contributed by atoms with Gasteiger partial charge in [0, 0.05) is 12.1 Å². The second-order valence-electron chi connectivity index (χ2n) is 5.22. The Bertz CT molecular complexity index is 679. The lowest BCUT2D eigenvalue weighted by Crippen LogP contribution is -2.38. The molecule has 6 heteroatoms. The van der Waals surface area contributed by atoms with Crippen molar-refractivity contribution in [3.63, 3.8) is 0 Å². The summed E-state index contributed by atoms with van der Waals surface area (Å²) in [4.78, 5) is 25.0. The zero-order valence-electron chi connectivity index (χ0n) is 12.9. The van der Waals surface area contributed by atoms with Crippen LogP contribution in [0.1, 0.15) is 30.3 Å². The molecule has 122 valence electrons. The van der Waals surface area contributed by atoms with E-state index >= 15 is 0 Å². The second-order valence-corrected chi connectivity index (χ2v) is 5.22. The van der Waals surface area contributed by atoms with E-state index in [9.17, 15) is 14.0 Å². The van der Waals surface area contributed by atoms with Gasteiger partial charge in [-0.15, -0.1) is 0 Å². The highest BCUT2D eigenvalue weighted by Crippen LogP contribution is 2.23. The monoisotopic (exact) mass is 318 g/mol. The molecule has 2 aromatic rings. The molecule has 0 radical (unpaired) electrons. The van der Waals surface area contributed by atoms with Gasteiger partial charge in [0.05, 0.1) is 6.54 Å². The van der Waals surface area contributed by atoms with E-state index in [0.29, 0.717) is 17.9 Å². The number of benzene rings is 1. The second kappa shape index (κ2) is 7.58. The van der Waals surface area contributed by atoms with Gasteiger partial charge in [0.15, 0.2) is 5.76 Å². The van der Waals surface area contributed by atoms with Crippen molar-refractivity contribution < 1.29 is 18.4 Å². The number of nitrogens with two attached hydrogens (primary N) is 1. The Morgan fingerprint density at radius 2 is 1.87 bits per heavy atom. The van der Waals surface area contributed by atoms with E-state index in [1.807, 2.05) is 6.92 Å². The first-order valence-corrected chi connectivity index (χ1v) is 7.44. The maximum absolute atomic E-state index is 12.9. The number of halogens is 1. The minimum atomic E-state index is -0.570. The van der Waals surface area contributed by atoms with Crippen LogP contribution in [0.2, 0.25) is 0 Å². The van der Waals surface area contributed by atoms with Gasteiger partial charge >= 0.3 is 0 Å². The van der Waals surface area contributed by atoms with Crippen LogP contribution >= 0.6 is 0 Å². The van der Waals surface area contributed by atoms with E-state index in [-0.39, 0.29) is 24.0 Å². The smallest absolute Gasteiger partial charge is 0.290 e. The minimum absolute atomic E-state index is 0.127. The summed E-state index contributed by atoms with van der Waals surface area (Å²) in [7, 11) is 0. The van der Waals surface area contributed by atoms with Gasteiger partial charge < -0.3 is 15.1 Å². The maximum atomic E-state index is 12.9. The summed E-state index contributed by atoms with van der Waals surface area (Å²) in [5.41, 5.74) is 5.86. The molecule has 2 rings (SSSR count). The molecule has 0 fully saturated rings. The van der Waals surface area contributed by atoms with Gasteiger partial charge in [0.25, 0.3) is 5.91 Å². The fraction of sp³-hybridized carbons (Fsp3) is 0.294. The standard InChI is InChI=1S/C17H19FN2O3/c1-2-3-10-20(11-16(19)21)17(22)15-9-8-14(23-15)12-4-6-13(18)7-5-12/h4-9H,2-3,10-11H2,1H3,(H2,19,21). The molecule has 0 saturated heterocycles. The fourth-order valence-corrected chi connectivity index (χ4v) is 2.17. The summed E-state index contributed by atoms with van der Waals surface area (Å²) in [6, 6.07) is 8.96. The Morgan fingerprint density at radius 1 is 1.17 bits per heavy atom. The van der Waals surface area contributed by atoms with E-state index in [4.69, 9.17) is 10.2 Å². The molecule has 0 aliphatic carbocycles. The number of furan rings is 1. The van der Waals surface area contributed by atoms with Crippen molar-refractivity contribution in [2.24, 2.45) is 5.73 Å². The van der Waals surface area contributed by atoms with Crippen molar-refractivity contribution in [2.45, 2.75) is 19.8 Å². The van der Waals surface area contributed by atoms with Crippen molar-refractivity contribution in [1.29, 1.82) is 0 Å². The Labute approximate surface area is 133 Å². The van der Waals surface area contributed by atoms with Gasteiger partial charge in [0.1, 0.15) is 11.6 Å². The third-order valence-electron chi connectivity index (χ3n) is 3.36. The summed E-state index contributed by atoms with van der Waals surface area (Å²) < 4.78 is 18.5. The number of carbonyl (C=O) groups excluding carboxylic acids is 2. The maximum Gasteiger partial charge on any atom is 0.290 e. The van der Waals surface area contributed by atoms with Gasteiger partial charge in [-0.2, -0.15) is 0 Å². The lowest BCUT2D eigenvalue weighted by Gasteiger charge is -2.19. The molecule has 2 amide bonds. The Kier molecular flexibility index (Phi) is 5.51. The van der Waals surface area contributed by atoms with Crippen LogP contribution in [0, 0.1) is 5.82 Å². The third-order valence-corrected chi connectivity index (χ3v) is 3.36. The molecule has 1 heterocycles. The van der Waals surface area contributed by atoms with Gasteiger partial charge in [-0.05, 0) is 42.8 Å². The molecule has 0 bridgehead atoms. The van der Waals surface area contributed by atoms with Crippen molar-refractivity contribution >= 4 is 11.8 Å². The molecule has 1 aromatic carbocycles. The highest BCUT2D eigenvalue weighted by atomic mass is 19.1.